The zero-order valence-electron chi connectivity index (χ0n) is 16.5. The van der Waals surface area contributed by atoms with Gasteiger partial charge >= 0.3 is 0 Å². The van der Waals surface area contributed by atoms with Crippen molar-refractivity contribution in [3.8, 4) is 5.75 Å². The SMILES string of the molecule is COc1ccc([C@@H](CC(=O)c2ccccc2)[C@H]2C(=O)C[C@H]3CC[C@H]2N3C)cc1. The summed E-state index contributed by atoms with van der Waals surface area (Å²) >= 11 is 0. The Labute approximate surface area is 166 Å². The Morgan fingerprint density at radius 2 is 1.82 bits per heavy atom. The standard InChI is InChI=1S/C24H27NO3/c1-25-18-10-13-21(25)24(23(27)14-18)20(16-8-11-19(28-2)12-9-16)15-22(26)17-6-4-3-5-7-17/h3-9,11-12,18,20-21,24H,10,13-15H2,1-2H3/t18-,20-,21-,24-/m1/s1. The van der Waals surface area contributed by atoms with Crippen molar-refractivity contribution in [3.63, 3.8) is 0 Å². The molecule has 0 aromatic heterocycles. The number of fused-ring (bicyclic) bond motifs is 2. The van der Waals surface area contributed by atoms with E-state index in [9.17, 15) is 9.59 Å². The number of methoxy groups -OCH3 is 1. The Morgan fingerprint density at radius 3 is 2.50 bits per heavy atom. The molecular formula is C24H27NO3. The van der Waals surface area contributed by atoms with Crippen LogP contribution in [0.15, 0.2) is 54.6 Å². The molecule has 146 valence electrons. The van der Waals surface area contributed by atoms with Gasteiger partial charge in [-0.2, -0.15) is 0 Å². The third-order valence-corrected chi connectivity index (χ3v) is 6.60. The molecule has 4 heteroatoms. The summed E-state index contributed by atoms with van der Waals surface area (Å²) in [4.78, 5) is 28.5. The van der Waals surface area contributed by atoms with Crippen molar-refractivity contribution in [2.75, 3.05) is 14.2 Å². The van der Waals surface area contributed by atoms with Gasteiger partial charge in [0.25, 0.3) is 0 Å². The second-order valence-corrected chi connectivity index (χ2v) is 8.03. The second-order valence-electron chi connectivity index (χ2n) is 8.03. The van der Waals surface area contributed by atoms with Crippen molar-refractivity contribution < 1.29 is 14.3 Å². The third kappa shape index (κ3) is 3.49. The minimum atomic E-state index is -0.134. The molecule has 0 unspecified atom stereocenters. The van der Waals surface area contributed by atoms with E-state index in [1.54, 1.807) is 7.11 Å². The molecule has 0 amide bonds. The number of hydrogen-bond donors (Lipinski definition) is 0. The zero-order valence-corrected chi connectivity index (χ0v) is 16.5. The summed E-state index contributed by atoms with van der Waals surface area (Å²) in [6.45, 7) is 0. The molecule has 2 aromatic carbocycles. The highest BCUT2D eigenvalue weighted by molar-refractivity contribution is 5.97. The maximum atomic E-state index is 13.1. The first-order valence-corrected chi connectivity index (χ1v) is 10.1. The summed E-state index contributed by atoms with van der Waals surface area (Å²) in [5.41, 5.74) is 1.75. The molecule has 4 rings (SSSR count). The number of piperidine rings is 1. The summed E-state index contributed by atoms with van der Waals surface area (Å²) < 4.78 is 5.29. The number of ether oxygens (including phenoxy) is 1. The maximum absolute atomic E-state index is 13.1. The van der Waals surface area contributed by atoms with Gasteiger partial charge in [0, 0.05) is 42.3 Å². The van der Waals surface area contributed by atoms with Gasteiger partial charge in [-0.3, -0.25) is 14.5 Å². The van der Waals surface area contributed by atoms with E-state index in [2.05, 4.69) is 11.9 Å². The molecule has 28 heavy (non-hydrogen) atoms. The largest absolute Gasteiger partial charge is 0.497 e. The third-order valence-electron chi connectivity index (χ3n) is 6.60. The van der Waals surface area contributed by atoms with E-state index < -0.39 is 0 Å². The summed E-state index contributed by atoms with van der Waals surface area (Å²) in [6.07, 6.45) is 3.06. The smallest absolute Gasteiger partial charge is 0.163 e. The predicted molar refractivity (Wildman–Crippen MR) is 109 cm³/mol. The second kappa shape index (κ2) is 7.88. The van der Waals surface area contributed by atoms with E-state index in [-0.39, 0.29) is 23.7 Å². The Bertz CT molecular complexity index is 846. The van der Waals surface area contributed by atoms with E-state index in [1.807, 2.05) is 54.6 Å². The average molecular weight is 377 g/mol. The molecule has 2 saturated heterocycles. The van der Waals surface area contributed by atoms with Crippen molar-refractivity contribution in [2.45, 2.75) is 43.7 Å². The van der Waals surface area contributed by atoms with E-state index in [0.717, 1.165) is 24.2 Å². The summed E-state index contributed by atoms with van der Waals surface area (Å²) in [6, 6.07) is 17.8. The topological polar surface area (TPSA) is 46.6 Å². The highest BCUT2D eigenvalue weighted by atomic mass is 16.5. The van der Waals surface area contributed by atoms with Crippen LogP contribution in [0.1, 0.15) is 47.5 Å². The molecule has 2 aliphatic heterocycles. The monoisotopic (exact) mass is 377 g/mol. The summed E-state index contributed by atoms with van der Waals surface area (Å²) in [5.74, 6) is 0.941. The average Bonchev–Trinajstić information content (AvgIpc) is 2.97. The van der Waals surface area contributed by atoms with Crippen LogP contribution in [-0.2, 0) is 4.79 Å². The number of rotatable bonds is 6. The first kappa shape index (κ1) is 18.9. The number of hydrogen-bond acceptors (Lipinski definition) is 4. The first-order chi connectivity index (χ1) is 13.6. The van der Waals surface area contributed by atoms with Crippen LogP contribution in [0.4, 0.5) is 0 Å². The molecule has 2 heterocycles. The molecule has 0 N–H and O–H groups in total. The lowest BCUT2D eigenvalue weighted by molar-refractivity contribution is -0.129. The molecule has 2 bridgehead atoms. The molecule has 0 spiro atoms. The molecule has 4 atom stereocenters. The van der Waals surface area contributed by atoms with Gasteiger partial charge in [-0.05, 0) is 37.6 Å². The lowest BCUT2D eigenvalue weighted by Crippen LogP contribution is -2.49. The number of carbonyl (C=O) groups is 2. The van der Waals surface area contributed by atoms with Gasteiger partial charge in [-0.25, -0.2) is 0 Å². The molecule has 2 fully saturated rings. The van der Waals surface area contributed by atoms with E-state index >= 15 is 0 Å². The fraction of sp³-hybridized carbons (Fsp3) is 0.417. The normalized spacial score (nSPS) is 25.5. The minimum Gasteiger partial charge on any atom is -0.497 e. The number of Topliss-reactive ketones (excluding diaryl/α,β-unsaturated/α-hetero) is 2. The van der Waals surface area contributed by atoms with Crippen LogP contribution < -0.4 is 4.74 Å². The molecule has 2 aliphatic rings. The van der Waals surface area contributed by atoms with E-state index in [1.165, 1.54) is 0 Å². The van der Waals surface area contributed by atoms with Crippen LogP contribution in [0.5, 0.6) is 5.75 Å². The van der Waals surface area contributed by atoms with Crippen molar-refractivity contribution in [3.05, 3.63) is 65.7 Å². The number of carbonyl (C=O) groups excluding carboxylic acids is 2. The van der Waals surface area contributed by atoms with Crippen LogP contribution in [-0.4, -0.2) is 42.7 Å². The Morgan fingerprint density at radius 1 is 1.11 bits per heavy atom. The molecule has 0 radical (unpaired) electrons. The fourth-order valence-electron chi connectivity index (χ4n) is 5.04. The van der Waals surface area contributed by atoms with Crippen LogP contribution >= 0.6 is 0 Å². The summed E-state index contributed by atoms with van der Waals surface area (Å²) in [7, 11) is 3.77. The van der Waals surface area contributed by atoms with Gasteiger partial charge in [0.2, 0.25) is 0 Å². The van der Waals surface area contributed by atoms with Crippen molar-refractivity contribution in [1.29, 1.82) is 0 Å². The molecule has 0 saturated carbocycles. The van der Waals surface area contributed by atoms with E-state index in [4.69, 9.17) is 4.74 Å². The Kier molecular flexibility index (Phi) is 5.31. The Balaban J connectivity index is 1.68. The van der Waals surface area contributed by atoms with Gasteiger partial charge < -0.3 is 4.74 Å². The number of nitrogens with zero attached hydrogens (tertiary/aromatic N) is 1. The quantitative estimate of drug-likeness (QED) is 0.711. The van der Waals surface area contributed by atoms with Gasteiger partial charge in [-0.1, -0.05) is 42.5 Å². The van der Waals surface area contributed by atoms with Crippen molar-refractivity contribution in [1.82, 2.24) is 4.90 Å². The lowest BCUT2D eigenvalue weighted by atomic mass is 9.73. The number of ketones is 2. The number of benzene rings is 2. The molecule has 4 nitrogen and oxygen atoms in total. The van der Waals surface area contributed by atoms with Gasteiger partial charge in [0.05, 0.1) is 7.11 Å². The molecular weight excluding hydrogens is 350 g/mol. The van der Waals surface area contributed by atoms with Gasteiger partial charge in [-0.15, -0.1) is 0 Å². The maximum Gasteiger partial charge on any atom is 0.163 e. The van der Waals surface area contributed by atoms with E-state index in [0.29, 0.717) is 30.2 Å². The zero-order chi connectivity index (χ0) is 19.7. The first-order valence-electron chi connectivity index (χ1n) is 10.1. The summed E-state index contributed by atoms with van der Waals surface area (Å²) in [5, 5.41) is 0. The van der Waals surface area contributed by atoms with Gasteiger partial charge in [0.1, 0.15) is 11.5 Å². The van der Waals surface area contributed by atoms with Crippen LogP contribution in [0.2, 0.25) is 0 Å². The van der Waals surface area contributed by atoms with Gasteiger partial charge in [0.15, 0.2) is 5.78 Å². The molecule has 2 aromatic rings. The van der Waals surface area contributed by atoms with Crippen LogP contribution in [0.25, 0.3) is 0 Å². The highest BCUT2D eigenvalue weighted by Crippen LogP contribution is 2.44. The van der Waals surface area contributed by atoms with Crippen LogP contribution in [0, 0.1) is 5.92 Å². The lowest BCUT2D eigenvalue weighted by Gasteiger charge is -2.40. The van der Waals surface area contributed by atoms with Crippen LogP contribution in [0.3, 0.4) is 0 Å². The highest BCUT2D eigenvalue weighted by Gasteiger charge is 2.48. The van der Waals surface area contributed by atoms with Crippen molar-refractivity contribution >= 4 is 11.6 Å². The fourth-order valence-corrected chi connectivity index (χ4v) is 5.04. The predicted octanol–water partition coefficient (Wildman–Crippen LogP) is 4.10. The Hall–Kier alpha value is -2.46. The minimum absolute atomic E-state index is 0.0944. The molecule has 0 aliphatic carbocycles. The van der Waals surface area contributed by atoms with Crippen molar-refractivity contribution in [2.24, 2.45) is 5.92 Å².